The van der Waals surface area contributed by atoms with Gasteiger partial charge in [0.05, 0.1) is 18.8 Å². The van der Waals surface area contributed by atoms with Crippen LogP contribution in [0.5, 0.6) is 0 Å². The highest BCUT2D eigenvalue weighted by atomic mass is 15.1. The van der Waals surface area contributed by atoms with E-state index in [1.54, 1.807) is 0 Å². The molecule has 2 aromatic heterocycles. The van der Waals surface area contributed by atoms with Gasteiger partial charge < -0.3 is 0 Å². The Labute approximate surface area is 179 Å². The smallest absolute Gasteiger partial charge is 0.237 e. The maximum Gasteiger partial charge on any atom is 0.287 e. The van der Waals surface area contributed by atoms with Crippen LogP contribution in [0.4, 0.5) is 0 Å². The summed E-state index contributed by atoms with van der Waals surface area (Å²) >= 11 is 0. The van der Waals surface area contributed by atoms with E-state index in [2.05, 4.69) is 100 Å². The number of nitrogens with zero attached hydrogens (tertiary/aromatic N) is 3. The Morgan fingerprint density at radius 2 is 1.70 bits per heavy atom. The zero-order valence-electron chi connectivity index (χ0n) is 19.0. The third-order valence-electron chi connectivity index (χ3n) is 6.21. The Morgan fingerprint density at radius 1 is 1.00 bits per heavy atom. The fourth-order valence-electron chi connectivity index (χ4n) is 4.53. The highest BCUT2D eigenvalue weighted by Crippen LogP contribution is 2.38. The zero-order valence-corrected chi connectivity index (χ0v) is 19.0. The molecule has 0 saturated carbocycles. The molecule has 152 valence electrons. The Kier molecular flexibility index (Phi) is 4.70. The SMILES string of the molecule is Cc1c(C(C)C)ccc2c3cccc(C#N)c3n(-c3cc(C(C)(C)C)cc[n+]3C)c12. The minimum atomic E-state index is 0.0396. The largest absolute Gasteiger partial charge is 0.287 e. The van der Waals surface area contributed by atoms with E-state index in [0.29, 0.717) is 11.5 Å². The molecule has 2 heterocycles. The van der Waals surface area contributed by atoms with Crippen molar-refractivity contribution in [2.24, 2.45) is 7.05 Å². The van der Waals surface area contributed by atoms with Crippen LogP contribution in [0, 0.1) is 18.3 Å². The molecule has 0 aliphatic heterocycles. The van der Waals surface area contributed by atoms with Crippen LogP contribution in [0.15, 0.2) is 48.7 Å². The van der Waals surface area contributed by atoms with Crippen LogP contribution in [-0.4, -0.2) is 4.57 Å². The lowest BCUT2D eigenvalue weighted by Gasteiger charge is -2.19. The van der Waals surface area contributed by atoms with E-state index in [-0.39, 0.29) is 5.41 Å². The number of benzene rings is 2. The Balaban J connectivity index is 2.26. The van der Waals surface area contributed by atoms with E-state index in [9.17, 15) is 5.26 Å². The second-order valence-corrected chi connectivity index (χ2v) is 9.61. The van der Waals surface area contributed by atoms with Crippen molar-refractivity contribution in [2.75, 3.05) is 0 Å². The lowest BCUT2D eigenvalue weighted by Crippen LogP contribution is -2.34. The number of hydrogen-bond acceptors (Lipinski definition) is 1. The third-order valence-corrected chi connectivity index (χ3v) is 6.21. The van der Waals surface area contributed by atoms with Crippen LogP contribution in [0.3, 0.4) is 0 Å². The molecule has 4 aromatic rings. The number of nitriles is 1. The Hall–Kier alpha value is -3.12. The summed E-state index contributed by atoms with van der Waals surface area (Å²) in [5.41, 5.74) is 6.83. The summed E-state index contributed by atoms with van der Waals surface area (Å²) in [5, 5.41) is 12.3. The molecule has 0 aliphatic rings. The van der Waals surface area contributed by atoms with E-state index < -0.39 is 0 Å². The van der Waals surface area contributed by atoms with Gasteiger partial charge in [-0.1, -0.05) is 46.8 Å². The molecular formula is C27H30N3+. The molecule has 0 saturated heterocycles. The number of aromatic nitrogens is 2. The molecule has 3 heteroatoms. The minimum Gasteiger partial charge on any atom is -0.237 e. The van der Waals surface area contributed by atoms with E-state index in [4.69, 9.17) is 0 Å². The van der Waals surface area contributed by atoms with Gasteiger partial charge in [-0.3, -0.25) is 0 Å². The van der Waals surface area contributed by atoms with Crippen molar-refractivity contribution in [1.29, 1.82) is 5.26 Å². The summed E-state index contributed by atoms with van der Waals surface area (Å²) in [4.78, 5) is 0. The molecule has 0 unspecified atom stereocenters. The first-order valence-electron chi connectivity index (χ1n) is 10.6. The van der Waals surface area contributed by atoms with Crippen LogP contribution >= 0.6 is 0 Å². The quantitative estimate of drug-likeness (QED) is 0.371. The number of pyridine rings is 1. The maximum atomic E-state index is 9.93. The minimum absolute atomic E-state index is 0.0396. The van der Waals surface area contributed by atoms with Gasteiger partial charge in [0.1, 0.15) is 11.6 Å². The van der Waals surface area contributed by atoms with Crippen LogP contribution in [-0.2, 0) is 12.5 Å². The molecule has 30 heavy (non-hydrogen) atoms. The highest BCUT2D eigenvalue weighted by Gasteiger charge is 2.27. The molecule has 0 fully saturated rings. The standard InChI is InChI=1S/C27H30N3/c1-17(2)21-11-12-23-22-10-8-9-19(16-28)26(22)30(25(23)18(21)3)24-15-20(27(4,5)6)13-14-29(24)7/h8-15,17H,1-7H3/q+1. The molecule has 3 nitrogen and oxygen atoms in total. The average molecular weight is 397 g/mol. The van der Waals surface area contributed by atoms with Gasteiger partial charge in [0.25, 0.3) is 5.82 Å². The third kappa shape index (κ3) is 2.99. The highest BCUT2D eigenvalue weighted by molar-refractivity contribution is 6.11. The van der Waals surface area contributed by atoms with Crippen LogP contribution in [0.25, 0.3) is 27.6 Å². The van der Waals surface area contributed by atoms with Crippen molar-refractivity contribution < 1.29 is 4.57 Å². The number of rotatable bonds is 2. The fourth-order valence-corrected chi connectivity index (χ4v) is 4.53. The molecule has 0 atom stereocenters. The predicted octanol–water partition coefficient (Wildman–Crippen LogP) is 6.21. The van der Waals surface area contributed by atoms with Gasteiger partial charge >= 0.3 is 0 Å². The first kappa shape index (κ1) is 20.2. The normalized spacial score (nSPS) is 12.1. The molecule has 0 amide bonds. The first-order chi connectivity index (χ1) is 14.1. The lowest BCUT2D eigenvalue weighted by atomic mass is 9.87. The molecule has 4 rings (SSSR count). The van der Waals surface area contributed by atoms with Crippen LogP contribution in [0.2, 0.25) is 0 Å². The van der Waals surface area contributed by atoms with Crippen LogP contribution < -0.4 is 4.57 Å². The predicted molar refractivity (Wildman–Crippen MR) is 124 cm³/mol. The van der Waals surface area contributed by atoms with E-state index >= 15 is 0 Å². The topological polar surface area (TPSA) is 32.6 Å². The molecule has 0 radical (unpaired) electrons. The van der Waals surface area contributed by atoms with Crippen molar-refractivity contribution >= 4 is 21.8 Å². The number of hydrogen-bond donors (Lipinski definition) is 0. The summed E-state index contributed by atoms with van der Waals surface area (Å²) in [7, 11) is 2.08. The number of aryl methyl sites for hydroxylation is 2. The van der Waals surface area contributed by atoms with Crippen LogP contribution in [0.1, 0.15) is 62.8 Å². The Morgan fingerprint density at radius 3 is 2.33 bits per heavy atom. The van der Waals surface area contributed by atoms with Crippen molar-refractivity contribution in [3.8, 4) is 11.9 Å². The van der Waals surface area contributed by atoms with Gasteiger partial charge in [0, 0.05) is 22.4 Å². The van der Waals surface area contributed by atoms with Gasteiger partial charge in [-0.05, 0) is 53.6 Å². The van der Waals surface area contributed by atoms with Gasteiger partial charge in [-0.2, -0.15) is 9.83 Å². The van der Waals surface area contributed by atoms with Crippen molar-refractivity contribution in [1.82, 2.24) is 4.57 Å². The van der Waals surface area contributed by atoms with E-state index in [1.165, 1.54) is 27.6 Å². The maximum absolute atomic E-state index is 9.93. The number of fused-ring (bicyclic) bond motifs is 3. The fraction of sp³-hybridized carbons (Fsp3) is 0.333. The molecule has 2 aromatic carbocycles. The molecule has 0 aliphatic carbocycles. The first-order valence-corrected chi connectivity index (χ1v) is 10.6. The van der Waals surface area contributed by atoms with Gasteiger partial charge in [0.15, 0.2) is 5.52 Å². The Bertz CT molecular complexity index is 1320. The summed E-state index contributed by atoms with van der Waals surface area (Å²) in [5.74, 6) is 1.51. The van der Waals surface area contributed by atoms with E-state index in [1.807, 2.05) is 12.1 Å². The molecule has 0 N–H and O–H groups in total. The van der Waals surface area contributed by atoms with Gasteiger partial charge in [-0.15, -0.1) is 0 Å². The summed E-state index contributed by atoms with van der Waals surface area (Å²) in [6.45, 7) is 13.4. The molecule has 0 spiro atoms. The summed E-state index contributed by atoms with van der Waals surface area (Å²) in [6, 6.07) is 17.4. The second-order valence-electron chi connectivity index (χ2n) is 9.61. The van der Waals surface area contributed by atoms with Gasteiger partial charge in [-0.25, -0.2) is 4.57 Å². The van der Waals surface area contributed by atoms with Crippen molar-refractivity contribution in [3.05, 3.63) is 70.9 Å². The number of para-hydroxylation sites is 1. The second kappa shape index (κ2) is 6.99. The molecular weight excluding hydrogens is 366 g/mol. The summed E-state index contributed by atoms with van der Waals surface area (Å²) in [6.07, 6.45) is 2.13. The van der Waals surface area contributed by atoms with Crippen molar-refractivity contribution in [3.63, 3.8) is 0 Å². The molecule has 0 bridgehead atoms. The van der Waals surface area contributed by atoms with Gasteiger partial charge in [0.2, 0.25) is 0 Å². The van der Waals surface area contributed by atoms with E-state index in [0.717, 1.165) is 16.7 Å². The lowest BCUT2D eigenvalue weighted by molar-refractivity contribution is -0.665. The summed E-state index contributed by atoms with van der Waals surface area (Å²) < 4.78 is 4.46. The zero-order chi connectivity index (χ0) is 21.8. The monoisotopic (exact) mass is 396 g/mol. The average Bonchev–Trinajstić information content (AvgIpc) is 3.03. The van der Waals surface area contributed by atoms with Crippen molar-refractivity contribution in [2.45, 2.75) is 52.9 Å².